The summed E-state index contributed by atoms with van der Waals surface area (Å²) >= 11 is 0. The van der Waals surface area contributed by atoms with E-state index in [2.05, 4.69) is 10.1 Å². The number of carbonyl (C=O) groups is 2. The van der Waals surface area contributed by atoms with E-state index in [0.29, 0.717) is 0 Å². The largest absolute Gasteiger partial charge is 0.480 e. The maximum absolute atomic E-state index is 11.9. The van der Waals surface area contributed by atoms with Crippen molar-refractivity contribution < 1.29 is 28.2 Å². The van der Waals surface area contributed by atoms with Crippen LogP contribution in [0.4, 0.5) is 8.78 Å². The summed E-state index contributed by atoms with van der Waals surface area (Å²) in [6.45, 7) is -1.62. The van der Waals surface area contributed by atoms with Gasteiger partial charge in [-0.2, -0.15) is 8.78 Å². The second-order valence-electron chi connectivity index (χ2n) is 3.44. The molecule has 7 heteroatoms. The first kappa shape index (κ1) is 13.9. The van der Waals surface area contributed by atoms with E-state index >= 15 is 0 Å². The van der Waals surface area contributed by atoms with Crippen molar-refractivity contribution in [3.8, 4) is 5.75 Å². The van der Waals surface area contributed by atoms with Crippen molar-refractivity contribution in [2.45, 2.75) is 19.6 Å². The minimum atomic E-state index is -2.93. The number of hydrogen-bond donors (Lipinski definition) is 2. The Balaban J connectivity index is 2.67. The van der Waals surface area contributed by atoms with Crippen LogP contribution in [0.5, 0.6) is 5.75 Å². The summed E-state index contributed by atoms with van der Waals surface area (Å²) < 4.78 is 27.9. The van der Waals surface area contributed by atoms with E-state index in [1.165, 1.54) is 31.2 Å². The Morgan fingerprint density at radius 2 is 1.83 bits per heavy atom. The van der Waals surface area contributed by atoms with Crippen molar-refractivity contribution in [2.75, 3.05) is 0 Å². The lowest BCUT2D eigenvalue weighted by molar-refractivity contribution is -0.138. The van der Waals surface area contributed by atoms with Gasteiger partial charge in [-0.15, -0.1) is 0 Å². The highest BCUT2D eigenvalue weighted by Gasteiger charge is 2.15. The van der Waals surface area contributed by atoms with Crippen LogP contribution in [0.25, 0.3) is 0 Å². The minimum Gasteiger partial charge on any atom is -0.480 e. The molecule has 1 aromatic rings. The number of alkyl halides is 2. The summed E-state index contributed by atoms with van der Waals surface area (Å²) in [5.41, 5.74) is 0.157. The Kier molecular flexibility index (Phi) is 4.59. The molecule has 1 rings (SSSR count). The number of hydrogen-bond acceptors (Lipinski definition) is 3. The molecule has 0 fully saturated rings. The molecule has 0 aliphatic heterocycles. The molecule has 0 heterocycles. The molecular formula is C11H11F2NO4. The number of carbonyl (C=O) groups excluding carboxylic acids is 1. The third kappa shape index (κ3) is 4.00. The number of aliphatic carboxylic acids is 1. The van der Waals surface area contributed by atoms with Crippen molar-refractivity contribution in [2.24, 2.45) is 0 Å². The number of halogens is 2. The fourth-order valence-electron chi connectivity index (χ4n) is 1.13. The lowest BCUT2D eigenvalue weighted by Crippen LogP contribution is -2.38. The van der Waals surface area contributed by atoms with Crippen LogP contribution in [0.3, 0.4) is 0 Å². The van der Waals surface area contributed by atoms with Crippen LogP contribution in [-0.2, 0) is 4.79 Å². The third-order valence-corrected chi connectivity index (χ3v) is 2.06. The molecule has 0 aliphatic rings. The van der Waals surface area contributed by atoms with Gasteiger partial charge in [0.25, 0.3) is 5.91 Å². The minimum absolute atomic E-state index is 0.0761. The third-order valence-electron chi connectivity index (χ3n) is 2.06. The molecule has 0 aromatic heterocycles. The van der Waals surface area contributed by atoms with E-state index in [0.717, 1.165) is 0 Å². The van der Waals surface area contributed by atoms with Crippen molar-refractivity contribution in [1.29, 1.82) is 0 Å². The zero-order valence-corrected chi connectivity index (χ0v) is 9.39. The van der Waals surface area contributed by atoms with E-state index in [4.69, 9.17) is 5.11 Å². The molecule has 1 aromatic carbocycles. The SMILES string of the molecule is CC(NC(=O)c1ccc(OC(F)F)cc1)C(=O)O. The molecule has 0 radical (unpaired) electrons. The second kappa shape index (κ2) is 5.95. The Morgan fingerprint density at radius 1 is 1.28 bits per heavy atom. The zero-order valence-electron chi connectivity index (χ0n) is 9.39. The quantitative estimate of drug-likeness (QED) is 0.840. The lowest BCUT2D eigenvalue weighted by Gasteiger charge is -2.09. The van der Waals surface area contributed by atoms with Crippen LogP contribution in [0.15, 0.2) is 24.3 Å². The summed E-state index contributed by atoms with van der Waals surface area (Å²) in [5.74, 6) is -1.85. The molecule has 5 nitrogen and oxygen atoms in total. The molecule has 2 N–H and O–H groups in total. The highest BCUT2D eigenvalue weighted by Crippen LogP contribution is 2.14. The lowest BCUT2D eigenvalue weighted by atomic mass is 10.2. The van der Waals surface area contributed by atoms with E-state index < -0.39 is 24.5 Å². The highest BCUT2D eigenvalue weighted by atomic mass is 19.3. The van der Waals surface area contributed by atoms with Gasteiger partial charge < -0.3 is 15.2 Å². The molecule has 0 aliphatic carbocycles. The average molecular weight is 259 g/mol. The Hall–Kier alpha value is -2.18. The van der Waals surface area contributed by atoms with Crippen molar-refractivity contribution in [1.82, 2.24) is 5.32 Å². The molecule has 0 bridgehead atoms. The Labute approximate surface area is 101 Å². The topological polar surface area (TPSA) is 75.6 Å². The van der Waals surface area contributed by atoms with Gasteiger partial charge in [0.1, 0.15) is 11.8 Å². The molecule has 0 saturated carbocycles. The van der Waals surface area contributed by atoms with Crippen LogP contribution in [-0.4, -0.2) is 29.6 Å². The zero-order chi connectivity index (χ0) is 13.7. The van der Waals surface area contributed by atoms with Crippen LogP contribution >= 0.6 is 0 Å². The maximum Gasteiger partial charge on any atom is 0.387 e. The van der Waals surface area contributed by atoms with E-state index in [-0.39, 0.29) is 11.3 Å². The molecule has 1 amide bonds. The van der Waals surface area contributed by atoms with Crippen LogP contribution in [0.2, 0.25) is 0 Å². The van der Waals surface area contributed by atoms with Crippen molar-refractivity contribution in [3.63, 3.8) is 0 Å². The van der Waals surface area contributed by atoms with Gasteiger partial charge in [-0.1, -0.05) is 0 Å². The number of benzene rings is 1. The number of ether oxygens (including phenoxy) is 1. The second-order valence-corrected chi connectivity index (χ2v) is 3.44. The first-order chi connectivity index (χ1) is 8.40. The van der Waals surface area contributed by atoms with E-state index in [9.17, 15) is 18.4 Å². The van der Waals surface area contributed by atoms with Gasteiger partial charge in [0, 0.05) is 5.56 Å². The standard InChI is InChI=1S/C11H11F2NO4/c1-6(10(16)17)14-9(15)7-2-4-8(5-3-7)18-11(12)13/h2-6,11H,1H3,(H,14,15)(H,16,17). The number of carboxylic acids is 1. The van der Waals surface area contributed by atoms with Gasteiger partial charge >= 0.3 is 12.6 Å². The molecule has 98 valence electrons. The monoisotopic (exact) mass is 259 g/mol. The van der Waals surface area contributed by atoms with Gasteiger partial charge in [0.05, 0.1) is 0 Å². The number of carboxylic acid groups (broad SMARTS) is 1. The van der Waals surface area contributed by atoms with Gasteiger partial charge in [-0.05, 0) is 31.2 Å². The normalized spacial score (nSPS) is 12.0. The predicted molar refractivity (Wildman–Crippen MR) is 57.6 cm³/mol. The smallest absolute Gasteiger partial charge is 0.387 e. The summed E-state index contributed by atoms with van der Waals surface area (Å²) in [6, 6.07) is 3.90. The molecule has 18 heavy (non-hydrogen) atoms. The fraction of sp³-hybridized carbons (Fsp3) is 0.273. The molecule has 1 atom stereocenters. The Bertz CT molecular complexity index is 433. The first-order valence-corrected chi connectivity index (χ1v) is 4.98. The average Bonchev–Trinajstić information content (AvgIpc) is 2.28. The first-order valence-electron chi connectivity index (χ1n) is 4.98. The van der Waals surface area contributed by atoms with Crippen molar-refractivity contribution in [3.05, 3.63) is 29.8 Å². The van der Waals surface area contributed by atoms with Gasteiger partial charge in [0.2, 0.25) is 0 Å². The van der Waals surface area contributed by atoms with Crippen LogP contribution in [0.1, 0.15) is 17.3 Å². The summed E-state index contributed by atoms with van der Waals surface area (Å²) in [5, 5.41) is 10.8. The van der Waals surface area contributed by atoms with E-state index in [1.807, 2.05) is 0 Å². The summed E-state index contributed by atoms with van der Waals surface area (Å²) in [7, 11) is 0. The fourth-order valence-corrected chi connectivity index (χ4v) is 1.13. The molecule has 0 spiro atoms. The number of amides is 1. The Morgan fingerprint density at radius 3 is 2.28 bits per heavy atom. The molecule has 0 saturated heterocycles. The molecule has 1 unspecified atom stereocenters. The van der Waals surface area contributed by atoms with Gasteiger partial charge in [-0.3, -0.25) is 9.59 Å². The number of rotatable bonds is 5. The predicted octanol–water partition coefficient (Wildman–Crippen LogP) is 1.49. The number of nitrogens with one attached hydrogen (secondary N) is 1. The highest BCUT2D eigenvalue weighted by molar-refractivity contribution is 5.96. The molecular weight excluding hydrogens is 248 g/mol. The maximum atomic E-state index is 11.9. The van der Waals surface area contributed by atoms with Crippen LogP contribution in [0, 0.1) is 0 Å². The summed E-state index contributed by atoms with van der Waals surface area (Å²) in [6.07, 6.45) is 0. The van der Waals surface area contributed by atoms with Gasteiger partial charge in [-0.25, -0.2) is 0 Å². The van der Waals surface area contributed by atoms with E-state index in [1.54, 1.807) is 0 Å². The van der Waals surface area contributed by atoms with Crippen molar-refractivity contribution >= 4 is 11.9 Å². The van der Waals surface area contributed by atoms with Gasteiger partial charge in [0.15, 0.2) is 0 Å². The summed E-state index contributed by atoms with van der Waals surface area (Å²) in [4.78, 5) is 22.1. The van der Waals surface area contributed by atoms with Crippen LogP contribution < -0.4 is 10.1 Å².